The zero-order valence-electron chi connectivity index (χ0n) is 9.84. The minimum atomic E-state index is 0.865. The van der Waals surface area contributed by atoms with Crippen LogP contribution in [0.4, 0.5) is 5.82 Å². The van der Waals surface area contributed by atoms with Crippen molar-refractivity contribution >= 4 is 27.9 Å². The lowest BCUT2D eigenvalue weighted by Gasteiger charge is -2.06. The number of rotatable bonds is 4. The van der Waals surface area contributed by atoms with Gasteiger partial charge in [0.1, 0.15) is 0 Å². The number of anilines is 1. The first-order valence-corrected chi connectivity index (χ1v) is 6.78. The van der Waals surface area contributed by atoms with Crippen LogP contribution < -0.4 is 5.32 Å². The lowest BCUT2D eigenvalue weighted by Crippen LogP contribution is -2.06. The van der Waals surface area contributed by atoms with Crippen LogP contribution in [0.25, 0.3) is 10.8 Å². The van der Waals surface area contributed by atoms with Crippen LogP contribution in [0.5, 0.6) is 0 Å². The van der Waals surface area contributed by atoms with E-state index in [0.717, 1.165) is 29.6 Å². The van der Waals surface area contributed by atoms with Crippen LogP contribution in [-0.4, -0.2) is 16.7 Å². The Balaban J connectivity index is 1.74. The number of aromatic nitrogens is 2. The first kappa shape index (κ1) is 11.2. The molecular weight excluding hydrogens is 242 g/mol. The quantitative estimate of drug-likeness (QED) is 0.777. The number of hydrogen-bond donors (Lipinski definition) is 1. The zero-order valence-corrected chi connectivity index (χ0v) is 10.7. The third-order valence-corrected chi connectivity index (χ3v) is 3.75. The summed E-state index contributed by atoms with van der Waals surface area (Å²) >= 11 is 1.79. The molecule has 0 bridgehead atoms. The molecule has 0 fully saturated rings. The summed E-state index contributed by atoms with van der Waals surface area (Å²) in [4.78, 5) is 1.38. The van der Waals surface area contributed by atoms with E-state index in [2.05, 4.69) is 45.2 Å². The molecule has 90 valence electrons. The van der Waals surface area contributed by atoms with Crippen LogP contribution in [0, 0.1) is 0 Å². The van der Waals surface area contributed by atoms with E-state index < -0.39 is 0 Å². The highest BCUT2D eigenvalue weighted by Crippen LogP contribution is 2.19. The fraction of sp³-hybridized carbons (Fsp3) is 0.143. The van der Waals surface area contributed by atoms with E-state index in [1.807, 2.05) is 12.1 Å². The number of nitrogens with one attached hydrogen (secondary N) is 1. The molecule has 0 atom stereocenters. The predicted molar refractivity (Wildman–Crippen MR) is 76.1 cm³/mol. The third-order valence-electron chi connectivity index (χ3n) is 2.81. The van der Waals surface area contributed by atoms with Gasteiger partial charge in [0.2, 0.25) is 0 Å². The van der Waals surface area contributed by atoms with Crippen molar-refractivity contribution in [1.29, 1.82) is 0 Å². The molecule has 0 saturated carbocycles. The summed E-state index contributed by atoms with van der Waals surface area (Å²) in [5.41, 5.74) is 0. The molecule has 0 saturated heterocycles. The lowest BCUT2D eigenvalue weighted by atomic mass is 10.2. The molecule has 4 heteroatoms. The Morgan fingerprint density at radius 1 is 1.11 bits per heavy atom. The molecule has 2 aromatic heterocycles. The second kappa shape index (κ2) is 5.14. The second-order valence-corrected chi connectivity index (χ2v) is 5.07. The molecule has 1 aromatic carbocycles. The summed E-state index contributed by atoms with van der Waals surface area (Å²) in [6, 6.07) is 12.4. The molecule has 18 heavy (non-hydrogen) atoms. The Bertz CT molecular complexity index is 629. The van der Waals surface area contributed by atoms with E-state index >= 15 is 0 Å². The molecule has 1 N–H and O–H groups in total. The average molecular weight is 255 g/mol. The number of nitrogens with zero attached hydrogens (tertiary/aromatic N) is 2. The highest BCUT2D eigenvalue weighted by Gasteiger charge is 2.02. The average Bonchev–Trinajstić information content (AvgIpc) is 2.92. The second-order valence-electron chi connectivity index (χ2n) is 4.04. The molecule has 0 amide bonds. The summed E-state index contributed by atoms with van der Waals surface area (Å²) in [5.74, 6) is 0.865. The maximum atomic E-state index is 4.17. The van der Waals surface area contributed by atoms with Crippen molar-refractivity contribution in [3.05, 3.63) is 52.9 Å². The molecule has 0 aliphatic heterocycles. The van der Waals surface area contributed by atoms with Gasteiger partial charge >= 0.3 is 0 Å². The van der Waals surface area contributed by atoms with E-state index in [9.17, 15) is 0 Å². The first-order valence-electron chi connectivity index (χ1n) is 5.90. The highest BCUT2D eigenvalue weighted by molar-refractivity contribution is 7.09. The van der Waals surface area contributed by atoms with Crippen LogP contribution >= 0.6 is 11.3 Å². The Morgan fingerprint density at radius 2 is 2.06 bits per heavy atom. The zero-order chi connectivity index (χ0) is 12.2. The van der Waals surface area contributed by atoms with Crippen molar-refractivity contribution in [1.82, 2.24) is 10.2 Å². The minimum absolute atomic E-state index is 0.865. The van der Waals surface area contributed by atoms with E-state index in [4.69, 9.17) is 0 Å². The van der Waals surface area contributed by atoms with Gasteiger partial charge in [0.05, 0.1) is 6.20 Å². The topological polar surface area (TPSA) is 37.8 Å². The van der Waals surface area contributed by atoms with E-state index in [-0.39, 0.29) is 0 Å². The Kier molecular flexibility index (Phi) is 3.19. The minimum Gasteiger partial charge on any atom is -0.368 e. The van der Waals surface area contributed by atoms with Crippen molar-refractivity contribution in [2.75, 3.05) is 11.9 Å². The van der Waals surface area contributed by atoms with E-state index in [1.165, 1.54) is 4.88 Å². The van der Waals surface area contributed by atoms with Gasteiger partial charge in [-0.2, -0.15) is 5.10 Å². The molecule has 0 aliphatic rings. The fourth-order valence-electron chi connectivity index (χ4n) is 1.92. The van der Waals surface area contributed by atoms with Crippen molar-refractivity contribution in [2.45, 2.75) is 6.42 Å². The molecule has 3 nitrogen and oxygen atoms in total. The Labute approximate surface area is 109 Å². The van der Waals surface area contributed by atoms with Crippen molar-refractivity contribution < 1.29 is 0 Å². The maximum Gasteiger partial charge on any atom is 0.156 e. The predicted octanol–water partition coefficient (Wildman–Crippen LogP) is 3.35. The number of hydrogen-bond acceptors (Lipinski definition) is 4. The van der Waals surface area contributed by atoms with Gasteiger partial charge in [-0.05, 0) is 17.9 Å². The smallest absolute Gasteiger partial charge is 0.156 e. The highest BCUT2D eigenvalue weighted by atomic mass is 32.1. The van der Waals surface area contributed by atoms with Crippen LogP contribution in [0.15, 0.2) is 48.0 Å². The normalized spacial score (nSPS) is 10.7. The van der Waals surface area contributed by atoms with Gasteiger partial charge in [0.25, 0.3) is 0 Å². The van der Waals surface area contributed by atoms with Crippen molar-refractivity contribution in [3.63, 3.8) is 0 Å². The number of thiophene rings is 1. The monoisotopic (exact) mass is 255 g/mol. The summed E-state index contributed by atoms with van der Waals surface area (Å²) < 4.78 is 0. The van der Waals surface area contributed by atoms with Gasteiger partial charge in [-0.3, -0.25) is 0 Å². The number of fused-ring (bicyclic) bond motifs is 1. The van der Waals surface area contributed by atoms with Gasteiger partial charge < -0.3 is 5.32 Å². The van der Waals surface area contributed by atoms with Crippen LogP contribution in [0.2, 0.25) is 0 Å². The van der Waals surface area contributed by atoms with Gasteiger partial charge in [0, 0.05) is 22.2 Å². The number of benzene rings is 1. The molecule has 3 aromatic rings. The van der Waals surface area contributed by atoms with Gasteiger partial charge in [-0.25, -0.2) is 0 Å². The van der Waals surface area contributed by atoms with Crippen molar-refractivity contribution in [3.8, 4) is 0 Å². The Hall–Kier alpha value is -1.94. The summed E-state index contributed by atoms with van der Waals surface area (Å²) in [6.07, 6.45) is 2.81. The molecule has 0 radical (unpaired) electrons. The van der Waals surface area contributed by atoms with Crippen LogP contribution in [0.1, 0.15) is 4.88 Å². The van der Waals surface area contributed by atoms with E-state index in [0.29, 0.717) is 0 Å². The van der Waals surface area contributed by atoms with Crippen LogP contribution in [-0.2, 0) is 6.42 Å². The molecular formula is C14H13N3S. The van der Waals surface area contributed by atoms with Gasteiger partial charge in [-0.1, -0.05) is 30.3 Å². The summed E-state index contributed by atoms with van der Waals surface area (Å²) in [5, 5.41) is 15.9. The molecule has 0 spiro atoms. The Morgan fingerprint density at radius 3 is 2.94 bits per heavy atom. The molecule has 0 unspecified atom stereocenters. The fourth-order valence-corrected chi connectivity index (χ4v) is 2.63. The van der Waals surface area contributed by atoms with Crippen LogP contribution in [0.3, 0.4) is 0 Å². The summed E-state index contributed by atoms with van der Waals surface area (Å²) in [7, 11) is 0. The van der Waals surface area contributed by atoms with Gasteiger partial charge in [0.15, 0.2) is 5.82 Å². The summed E-state index contributed by atoms with van der Waals surface area (Å²) in [6.45, 7) is 0.878. The largest absolute Gasteiger partial charge is 0.368 e. The third kappa shape index (κ3) is 2.33. The lowest BCUT2D eigenvalue weighted by molar-refractivity contribution is 0.989. The SMILES string of the molecule is c1csc(CCNc2nncc3ccccc23)c1. The molecule has 3 rings (SSSR count). The van der Waals surface area contributed by atoms with E-state index in [1.54, 1.807) is 17.5 Å². The molecule has 0 aliphatic carbocycles. The van der Waals surface area contributed by atoms with Gasteiger partial charge in [-0.15, -0.1) is 16.4 Å². The standard InChI is InChI=1S/C14H13N3S/c1-2-6-13-11(4-1)10-16-17-14(13)15-8-7-12-5-3-9-18-12/h1-6,9-10H,7-8H2,(H,15,17). The molecule has 2 heterocycles. The maximum absolute atomic E-state index is 4.17. The van der Waals surface area contributed by atoms with Crippen molar-refractivity contribution in [2.24, 2.45) is 0 Å². The first-order chi connectivity index (χ1) is 8.93.